The van der Waals surface area contributed by atoms with E-state index >= 15 is 0 Å². The average Bonchev–Trinajstić information content (AvgIpc) is 2.57. The molecule has 0 radical (unpaired) electrons. The topological polar surface area (TPSA) is 38.0 Å². The Morgan fingerprint density at radius 1 is 1.29 bits per heavy atom. The maximum atomic E-state index is 10.00. The molecule has 17 heavy (non-hydrogen) atoms. The number of rotatable bonds is 2. The first-order valence-electron chi connectivity index (χ1n) is 5.55. The first-order chi connectivity index (χ1) is 8.02. The fourth-order valence-corrected chi connectivity index (χ4v) is 2.00. The summed E-state index contributed by atoms with van der Waals surface area (Å²) in [6, 6.07) is 7.63. The molecule has 2 rings (SSSR count). The van der Waals surface area contributed by atoms with E-state index in [0.29, 0.717) is 5.02 Å². The maximum absolute atomic E-state index is 10.00. The van der Waals surface area contributed by atoms with Gasteiger partial charge < -0.3 is 5.11 Å². The summed E-state index contributed by atoms with van der Waals surface area (Å²) >= 11 is 6.14. The first kappa shape index (κ1) is 12.0. The molecule has 0 aliphatic carbocycles. The molecule has 0 saturated heterocycles. The van der Waals surface area contributed by atoms with E-state index < -0.39 is 0 Å². The third-order valence-corrected chi connectivity index (χ3v) is 3.06. The van der Waals surface area contributed by atoms with Gasteiger partial charge in [0.15, 0.2) is 0 Å². The number of aromatic nitrogens is 2. The van der Waals surface area contributed by atoms with Gasteiger partial charge in [0.25, 0.3) is 0 Å². The Balaban J connectivity index is 2.61. The highest BCUT2D eigenvalue weighted by molar-refractivity contribution is 6.33. The van der Waals surface area contributed by atoms with Gasteiger partial charge in [0.1, 0.15) is 5.69 Å². The van der Waals surface area contributed by atoms with Crippen molar-refractivity contribution in [2.24, 2.45) is 0 Å². The Morgan fingerprint density at radius 2 is 1.94 bits per heavy atom. The first-order valence-corrected chi connectivity index (χ1v) is 5.93. The van der Waals surface area contributed by atoms with Crippen molar-refractivity contribution in [1.82, 2.24) is 9.78 Å². The van der Waals surface area contributed by atoms with Crippen molar-refractivity contribution in [1.29, 1.82) is 0 Å². The standard InChI is InChI=1S/C13H15ClN2O/c1-8(2)16-13(17)9(3)12(15-16)10-6-4-5-7-11(10)14/h4-8,17H,1-3H3. The lowest BCUT2D eigenvalue weighted by Gasteiger charge is -2.05. The lowest BCUT2D eigenvalue weighted by atomic mass is 10.1. The van der Waals surface area contributed by atoms with E-state index in [4.69, 9.17) is 11.6 Å². The smallest absolute Gasteiger partial charge is 0.213 e. The quantitative estimate of drug-likeness (QED) is 0.880. The van der Waals surface area contributed by atoms with Gasteiger partial charge in [-0.3, -0.25) is 0 Å². The molecular formula is C13H15ClN2O. The fraction of sp³-hybridized carbons (Fsp3) is 0.308. The van der Waals surface area contributed by atoms with Crippen molar-refractivity contribution in [2.45, 2.75) is 26.8 Å². The van der Waals surface area contributed by atoms with Gasteiger partial charge in [-0.1, -0.05) is 29.8 Å². The molecule has 1 aromatic heterocycles. The molecule has 2 aromatic rings. The highest BCUT2D eigenvalue weighted by Crippen LogP contribution is 2.34. The molecule has 0 aliphatic rings. The van der Waals surface area contributed by atoms with E-state index in [1.807, 2.05) is 45.0 Å². The van der Waals surface area contributed by atoms with Crippen molar-refractivity contribution in [3.8, 4) is 17.1 Å². The molecule has 0 unspecified atom stereocenters. The summed E-state index contributed by atoms with van der Waals surface area (Å²) in [6.45, 7) is 5.80. The Morgan fingerprint density at radius 3 is 2.47 bits per heavy atom. The third-order valence-electron chi connectivity index (χ3n) is 2.73. The molecule has 1 aromatic carbocycles. The predicted molar refractivity (Wildman–Crippen MR) is 69.5 cm³/mol. The van der Waals surface area contributed by atoms with Gasteiger partial charge in [0.05, 0.1) is 11.1 Å². The lowest BCUT2D eigenvalue weighted by Crippen LogP contribution is -2.01. The van der Waals surface area contributed by atoms with Crippen LogP contribution in [0.25, 0.3) is 11.3 Å². The number of aromatic hydroxyl groups is 1. The van der Waals surface area contributed by atoms with Crippen molar-refractivity contribution < 1.29 is 5.11 Å². The zero-order valence-corrected chi connectivity index (χ0v) is 10.9. The van der Waals surface area contributed by atoms with Gasteiger partial charge in [-0.15, -0.1) is 0 Å². The normalized spacial score (nSPS) is 11.1. The van der Waals surface area contributed by atoms with Crippen LogP contribution in [-0.2, 0) is 0 Å². The predicted octanol–water partition coefficient (Wildman–Crippen LogP) is 3.80. The fourth-order valence-electron chi connectivity index (χ4n) is 1.78. The number of hydrogen-bond acceptors (Lipinski definition) is 2. The van der Waals surface area contributed by atoms with Crippen LogP contribution in [0.5, 0.6) is 5.88 Å². The Labute approximate surface area is 106 Å². The van der Waals surface area contributed by atoms with Crippen LogP contribution in [0, 0.1) is 6.92 Å². The lowest BCUT2D eigenvalue weighted by molar-refractivity contribution is 0.375. The summed E-state index contributed by atoms with van der Waals surface area (Å²) in [4.78, 5) is 0. The molecule has 0 spiro atoms. The minimum Gasteiger partial charge on any atom is -0.493 e. The van der Waals surface area contributed by atoms with Crippen molar-refractivity contribution in [2.75, 3.05) is 0 Å². The summed E-state index contributed by atoms with van der Waals surface area (Å²) in [7, 11) is 0. The van der Waals surface area contributed by atoms with Crippen LogP contribution in [0.4, 0.5) is 0 Å². The molecule has 0 bridgehead atoms. The van der Waals surface area contributed by atoms with Crippen LogP contribution in [0.2, 0.25) is 5.02 Å². The van der Waals surface area contributed by atoms with E-state index in [0.717, 1.165) is 16.8 Å². The van der Waals surface area contributed by atoms with Crippen LogP contribution in [-0.4, -0.2) is 14.9 Å². The number of halogens is 1. The van der Waals surface area contributed by atoms with Crippen LogP contribution in [0.15, 0.2) is 24.3 Å². The summed E-state index contributed by atoms with van der Waals surface area (Å²) in [5.74, 6) is 0.204. The molecule has 90 valence electrons. The second kappa shape index (κ2) is 4.41. The van der Waals surface area contributed by atoms with Gasteiger partial charge in [-0.25, -0.2) is 4.68 Å². The van der Waals surface area contributed by atoms with E-state index in [2.05, 4.69) is 5.10 Å². The molecular weight excluding hydrogens is 236 g/mol. The van der Waals surface area contributed by atoms with Gasteiger partial charge in [0, 0.05) is 11.1 Å². The van der Waals surface area contributed by atoms with Gasteiger partial charge >= 0.3 is 0 Å². The summed E-state index contributed by atoms with van der Waals surface area (Å²) in [6.07, 6.45) is 0. The van der Waals surface area contributed by atoms with Gasteiger partial charge in [-0.05, 0) is 26.8 Å². The molecule has 0 saturated carbocycles. The highest BCUT2D eigenvalue weighted by atomic mass is 35.5. The Kier molecular flexibility index (Phi) is 3.11. The maximum Gasteiger partial charge on any atom is 0.213 e. The summed E-state index contributed by atoms with van der Waals surface area (Å²) in [5, 5.41) is 15.1. The Hall–Kier alpha value is -1.48. The largest absolute Gasteiger partial charge is 0.493 e. The minimum absolute atomic E-state index is 0.116. The summed E-state index contributed by atoms with van der Waals surface area (Å²) in [5.41, 5.74) is 2.34. The second-order valence-corrected chi connectivity index (χ2v) is 4.72. The van der Waals surface area contributed by atoms with Crippen LogP contribution in [0.3, 0.4) is 0 Å². The second-order valence-electron chi connectivity index (χ2n) is 4.32. The van der Waals surface area contributed by atoms with Gasteiger partial charge in [0.2, 0.25) is 5.88 Å². The minimum atomic E-state index is 0.116. The molecule has 0 fully saturated rings. The molecule has 0 aliphatic heterocycles. The van der Waals surface area contributed by atoms with Crippen molar-refractivity contribution >= 4 is 11.6 Å². The molecule has 4 heteroatoms. The molecule has 0 amide bonds. The zero-order chi connectivity index (χ0) is 12.6. The van der Waals surface area contributed by atoms with E-state index in [1.54, 1.807) is 4.68 Å². The Bertz CT molecular complexity index is 546. The third kappa shape index (κ3) is 2.03. The van der Waals surface area contributed by atoms with E-state index in [9.17, 15) is 5.11 Å². The average molecular weight is 251 g/mol. The zero-order valence-electron chi connectivity index (χ0n) is 10.1. The van der Waals surface area contributed by atoms with Crippen molar-refractivity contribution in [3.63, 3.8) is 0 Å². The SMILES string of the molecule is Cc1c(-c2ccccc2Cl)nn(C(C)C)c1O. The monoisotopic (exact) mass is 250 g/mol. The van der Waals surface area contributed by atoms with Crippen molar-refractivity contribution in [3.05, 3.63) is 34.9 Å². The van der Waals surface area contributed by atoms with Crippen LogP contribution in [0.1, 0.15) is 25.5 Å². The van der Waals surface area contributed by atoms with E-state index in [1.165, 1.54) is 0 Å². The molecule has 3 nitrogen and oxygen atoms in total. The van der Waals surface area contributed by atoms with Gasteiger partial charge in [-0.2, -0.15) is 5.10 Å². The van der Waals surface area contributed by atoms with E-state index in [-0.39, 0.29) is 11.9 Å². The number of benzene rings is 1. The highest BCUT2D eigenvalue weighted by Gasteiger charge is 2.17. The molecule has 0 atom stereocenters. The summed E-state index contributed by atoms with van der Waals surface area (Å²) < 4.78 is 1.61. The molecule has 1 heterocycles. The van der Waals surface area contributed by atoms with Crippen LogP contribution >= 0.6 is 11.6 Å². The molecule has 1 N–H and O–H groups in total. The number of nitrogens with zero attached hydrogens (tertiary/aromatic N) is 2. The number of hydrogen-bond donors (Lipinski definition) is 1. The van der Waals surface area contributed by atoms with Crippen LogP contribution < -0.4 is 0 Å².